The van der Waals surface area contributed by atoms with Crippen molar-refractivity contribution < 1.29 is 13.2 Å². The van der Waals surface area contributed by atoms with Crippen molar-refractivity contribution in [2.45, 2.75) is 24.8 Å². The van der Waals surface area contributed by atoms with Crippen molar-refractivity contribution in [1.29, 1.82) is 0 Å². The molecule has 178 valence electrons. The molecule has 0 saturated carbocycles. The highest BCUT2D eigenvalue weighted by atomic mass is 35.5. The number of rotatable bonds is 7. The molecule has 4 aromatic rings. The van der Waals surface area contributed by atoms with Crippen LogP contribution >= 0.6 is 11.6 Å². The van der Waals surface area contributed by atoms with Crippen LogP contribution in [0.1, 0.15) is 38.7 Å². The molecule has 1 amide bonds. The molecule has 0 spiro atoms. The second-order valence-corrected chi connectivity index (χ2v) is 10.4. The van der Waals surface area contributed by atoms with Gasteiger partial charge in [-0.15, -0.1) is 0 Å². The lowest BCUT2D eigenvalue weighted by atomic mass is 9.97. The molecule has 0 fully saturated rings. The predicted octanol–water partition coefficient (Wildman–Crippen LogP) is 6.28. The molecule has 0 aliphatic heterocycles. The maximum absolute atomic E-state index is 13.3. The first kappa shape index (κ1) is 24.5. The molecule has 0 radical (unpaired) electrons. The molecule has 7 heteroatoms. The van der Waals surface area contributed by atoms with E-state index in [-0.39, 0.29) is 21.2 Å². The third-order valence-electron chi connectivity index (χ3n) is 5.61. The fraction of sp³-hybridized carbons (Fsp3) is 0.107. The Kier molecular flexibility index (Phi) is 7.24. The zero-order chi connectivity index (χ0) is 25.0. The first-order valence-corrected chi connectivity index (χ1v) is 12.9. The molecular formula is C28H25ClN2O3S. The van der Waals surface area contributed by atoms with Crippen LogP contribution in [0.25, 0.3) is 0 Å². The van der Waals surface area contributed by atoms with Gasteiger partial charge in [0.25, 0.3) is 15.9 Å². The second kappa shape index (κ2) is 10.3. The Bertz CT molecular complexity index is 1440. The maximum Gasteiger partial charge on any atom is 0.261 e. The lowest BCUT2D eigenvalue weighted by molar-refractivity contribution is 0.0943. The van der Waals surface area contributed by atoms with Crippen LogP contribution in [0, 0.1) is 13.8 Å². The van der Waals surface area contributed by atoms with Crippen molar-refractivity contribution in [3.8, 4) is 0 Å². The quantitative estimate of drug-likeness (QED) is 0.311. The van der Waals surface area contributed by atoms with Crippen LogP contribution in [-0.2, 0) is 10.0 Å². The Morgan fingerprint density at radius 1 is 0.771 bits per heavy atom. The number of nitrogens with one attached hydrogen (secondary N) is 2. The number of benzene rings is 4. The summed E-state index contributed by atoms with van der Waals surface area (Å²) in [5.41, 5.74) is 4.31. The van der Waals surface area contributed by atoms with Gasteiger partial charge in [-0.3, -0.25) is 9.52 Å². The topological polar surface area (TPSA) is 75.3 Å². The molecule has 0 aliphatic carbocycles. The molecular weight excluding hydrogens is 480 g/mol. The standard InChI is InChI=1S/C28H25ClN2O3S/c1-19-8-12-22(13-9-19)27(21-6-4-3-5-7-21)30-28(32)25-18-23(14-17-26(25)29)31-35(33,34)24-15-10-20(2)11-16-24/h3-18,27,31H,1-2H3,(H,30,32). The molecule has 0 bridgehead atoms. The Morgan fingerprint density at radius 3 is 1.97 bits per heavy atom. The van der Waals surface area contributed by atoms with Gasteiger partial charge in [-0.2, -0.15) is 0 Å². The van der Waals surface area contributed by atoms with Gasteiger partial charge in [-0.1, -0.05) is 89.5 Å². The minimum Gasteiger partial charge on any atom is -0.341 e. The highest BCUT2D eigenvalue weighted by Gasteiger charge is 2.21. The van der Waals surface area contributed by atoms with Gasteiger partial charge in [0.2, 0.25) is 0 Å². The third-order valence-corrected chi connectivity index (χ3v) is 7.34. The number of amides is 1. The average Bonchev–Trinajstić information content (AvgIpc) is 2.85. The number of carbonyl (C=O) groups is 1. The first-order valence-electron chi connectivity index (χ1n) is 11.0. The molecule has 0 aliphatic rings. The molecule has 1 atom stereocenters. The van der Waals surface area contributed by atoms with Crippen molar-refractivity contribution in [1.82, 2.24) is 5.32 Å². The minimum atomic E-state index is -3.82. The van der Waals surface area contributed by atoms with Gasteiger partial charge in [0.1, 0.15) is 0 Å². The monoisotopic (exact) mass is 504 g/mol. The summed E-state index contributed by atoms with van der Waals surface area (Å²) < 4.78 is 28.2. The number of hydrogen-bond donors (Lipinski definition) is 2. The lowest BCUT2D eigenvalue weighted by Crippen LogP contribution is -2.29. The van der Waals surface area contributed by atoms with Gasteiger partial charge in [0, 0.05) is 5.69 Å². The fourth-order valence-corrected chi connectivity index (χ4v) is 4.92. The van der Waals surface area contributed by atoms with Gasteiger partial charge < -0.3 is 5.32 Å². The van der Waals surface area contributed by atoms with Crippen molar-refractivity contribution in [3.63, 3.8) is 0 Å². The van der Waals surface area contributed by atoms with E-state index in [2.05, 4.69) is 10.0 Å². The normalized spacial score (nSPS) is 12.1. The lowest BCUT2D eigenvalue weighted by Gasteiger charge is -2.21. The van der Waals surface area contributed by atoms with Crippen LogP contribution < -0.4 is 10.0 Å². The van der Waals surface area contributed by atoms with Gasteiger partial charge >= 0.3 is 0 Å². The summed E-state index contributed by atoms with van der Waals surface area (Å²) in [5, 5.41) is 3.27. The van der Waals surface area contributed by atoms with Crippen LogP contribution in [0.5, 0.6) is 0 Å². The fourth-order valence-electron chi connectivity index (χ4n) is 3.67. The summed E-state index contributed by atoms with van der Waals surface area (Å²) in [5.74, 6) is -0.416. The molecule has 4 aromatic carbocycles. The molecule has 0 aromatic heterocycles. The summed E-state index contributed by atoms with van der Waals surface area (Å²) in [6.07, 6.45) is 0. The Morgan fingerprint density at radius 2 is 1.34 bits per heavy atom. The summed E-state index contributed by atoms with van der Waals surface area (Å²) >= 11 is 6.35. The van der Waals surface area contributed by atoms with Crippen molar-refractivity contribution in [2.75, 3.05) is 4.72 Å². The van der Waals surface area contributed by atoms with E-state index < -0.39 is 22.0 Å². The average molecular weight is 505 g/mol. The van der Waals surface area contributed by atoms with Crippen LogP contribution in [0.4, 0.5) is 5.69 Å². The Hall–Kier alpha value is -3.61. The molecule has 0 saturated heterocycles. The number of aryl methyl sites for hydroxylation is 2. The zero-order valence-corrected chi connectivity index (χ0v) is 20.9. The number of anilines is 1. The first-order chi connectivity index (χ1) is 16.7. The van der Waals surface area contributed by atoms with Crippen LogP contribution in [0.15, 0.2) is 102 Å². The second-order valence-electron chi connectivity index (χ2n) is 8.34. The van der Waals surface area contributed by atoms with Crippen molar-refractivity contribution in [2.24, 2.45) is 0 Å². The summed E-state index contributed by atoms with van der Waals surface area (Å²) in [4.78, 5) is 13.5. The van der Waals surface area contributed by atoms with Gasteiger partial charge in [0.15, 0.2) is 0 Å². The zero-order valence-electron chi connectivity index (χ0n) is 19.3. The van der Waals surface area contributed by atoms with Crippen LogP contribution in [-0.4, -0.2) is 14.3 Å². The summed E-state index contributed by atoms with van der Waals surface area (Å²) in [7, 11) is -3.82. The Balaban J connectivity index is 1.62. The maximum atomic E-state index is 13.3. The van der Waals surface area contributed by atoms with E-state index in [0.29, 0.717) is 0 Å². The highest BCUT2D eigenvalue weighted by molar-refractivity contribution is 7.92. The van der Waals surface area contributed by atoms with E-state index in [9.17, 15) is 13.2 Å². The predicted molar refractivity (Wildman–Crippen MR) is 140 cm³/mol. The molecule has 5 nitrogen and oxygen atoms in total. The Labute approximate surface area is 210 Å². The number of halogens is 1. The number of hydrogen-bond acceptors (Lipinski definition) is 3. The molecule has 35 heavy (non-hydrogen) atoms. The van der Waals surface area contributed by atoms with E-state index in [1.807, 2.05) is 68.4 Å². The van der Waals surface area contributed by atoms with Crippen LogP contribution in [0.3, 0.4) is 0 Å². The van der Waals surface area contributed by atoms with Crippen LogP contribution in [0.2, 0.25) is 5.02 Å². The number of sulfonamides is 1. The SMILES string of the molecule is Cc1ccc(C(NC(=O)c2cc(NS(=O)(=O)c3ccc(C)cc3)ccc2Cl)c2ccccc2)cc1. The molecule has 2 N–H and O–H groups in total. The van der Waals surface area contributed by atoms with Gasteiger partial charge in [0.05, 0.1) is 21.5 Å². The highest BCUT2D eigenvalue weighted by Crippen LogP contribution is 2.27. The van der Waals surface area contributed by atoms with E-state index in [4.69, 9.17) is 11.6 Å². The van der Waals surface area contributed by atoms with E-state index in [0.717, 1.165) is 22.3 Å². The molecule has 1 unspecified atom stereocenters. The molecule has 4 rings (SSSR count). The third kappa shape index (κ3) is 5.91. The van der Waals surface area contributed by atoms with Gasteiger partial charge in [-0.05, 0) is 55.3 Å². The summed E-state index contributed by atoms with van der Waals surface area (Å²) in [6.45, 7) is 3.88. The van der Waals surface area contributed by atoms with Crippen molar-refractivity contribution >= 4 is 33.2 Å². The molecule has 0 heterocycles. The van der Waals surface area contributed by atoms with E-state index >= 15 is 0 Å². The van der Waals surface area contributed by atoms with E-state index in [1.54, 1.807) is 12.1 Å². The largest absolute Gasteiger partial charge is 0.341 e. The smallest absolute Gasteiger partial charge is 0.261 e. The van der Waals surface area contributed by atoms with E-state index in [1.165, 1.54) is 30.3 Å². The number of carbonyl (C=O) groups excluding carboxylic acids is 1. The summed E-state index contributed by atoms with van der Waals surface area (Å²) in [6, 6.07) is 28.1. The van der Waals surface area contributed by atoms with Gasteiger partial charge in [-0.25, -0.2) is 8.42 Å². The van der Waals surface area contributed by atoms with Crippen molar-refractivity contribution in [3.05, 3.63) is 130 Å². The minimum absolute atomic E-state index is 0.132.